The standard InChI is InChI=1S/C24H19N/c1-3-9-19(10-4-1)17-23(20-11-5-2-6-12-20)18-22-14-7-13-21-15-8-16-25-24(21)22/h1-17H,18H2/b23-17-. The van der Waals surface area contributed by atoms with Gasteiger partial charge in [0.15, 0.2) is 0 Å². The number of benzene rings is 3. The summed E-state index contributed by atoms with van der Waals surface area (Å²) < 4.78 is 0. The van der Waals surface area contributed by atoms with Gasteiger partial charge in [-0.3, -0.25) is 4.98 Å². The van der Waals surface area contributed by atoms with E-state index in [1.54, 1.807) is 0 Å². The van der Waals surface area contributed by atoms with Crippen molar-refractivity contribution in [2.45, 2.75) is 6.42 Å². The van der Waals surface area contributed by atoms with E-state index >= 15 is 0 Å². The van der Waals surface area contributed by atoms with Crippen LogP contribution >= 0.6 is 0 Å². The van der Waals surface area contributed by atoms with Crippen LogP contribution in [0.2, 0.25) is 0 Å². The summed E-state index contributed by atoms with van der Waals surface area (Å²) in [5.74, 6) is 0. The van der Waals surface area contributed by atoms with Gasteiger partial charge in [0.1, 0.15) is 0 Å². The van der Waals surface area contributed by atoms with Gasteiger partial charge in [-0.05, 0) is 28.3 Å². The Bertz CT molecular complexity index is 996. The molecule has 0 bridgehead atoms. The molecule has 3 aromatic carbocycles. The summed E-state index contributed by atoms with van der Waals surface area (Å²) in [6, 6.07) is 31.6. The summed E-state index contributed by atoms with van der Waals surface area (Å²) in [4.78, 5) is 4.61. The highest BCUT2D eigenvalue weighted by Crippen LogP contribution is 2.26. The Labute approximate surface area is 148 Å². The number of allylic oxidation sites excluding steroid dienone is 1. The van der Waals surface area contributed by atoms with Gasteiger partial charge in [0, 0.05) is 18.0 Å². The van der Waals surface area contributed by atoms with E-state index in [4.69, 9.17) is 0 Å². The molecule has 0 radical (unpaired) electrons. The van der Waals surface area contributed by atoms with Gasteiger partial charge in [-0.25, -0.2) is 0 Å². The Morgan fingerprint density at radius 1 is 0.720 bits per heavy atom. The maximum atomic E-state index is 4.61. The lowest BCUT2D eigenvalue weighted by Gasteiger charge is -2.11. The van der Waals surface area contributed by atoms with E-state index in [1.165, 1.54) is 27.6 Å². The molecule has 4 rings (SSSR count). The average molecular weight is 321 g/mol. The van der Waals surface area contributed by atoms with E-state index < -0.39 is 0 Å². The molecule has 120 valence electrons. The van der Waals surface area contributed by atoms with Crippen LogP contribution in [0.25, 0.3) is 22.6 Å². The molecule has 0 amide bonds. The SMILES string of the molecule is C(=C(\Cc1cccc2cccnc12)c1ccccc1)/c1ccccc1. The minimum atomic E-state index is 0.854. The van der Waals surface area contributed by atoms with Crippen LogP contribution < -0.4 is 0 Å². The molecule has 0 saturated heterocycles. The molecule has 0 aliphatic rings. The zero-order valence-electron chi connectivity index (χ0n) is 14.0. The summed E-state index contributed by atoms with van der Waals surface area (Å²) in [7, 11) is 0. The van der Waals surface area contributed by atoms with Crippen LogP contribution in [-0.2, 0) is 6.42 Å². The van der Waals surface area contributed by atoms with Gasteiger partial charge >= 0.3 is 0 Å². The molecule has 4 aromatic rings. The van der Waals surface area contributed by atoms with Crippen molar-refractivity contribution < 1.29 is 0 Å². The van der Waals surface area contributed by atoms with Crippen molar-refractivity contribution in [2.24, 2.45) is 0 Å². The van der Waals surface area contributed by atoms with Crippen LogP contribution in [0.1, 0.15) is 16.7 Å². The van der Waals surface area contributed by atoms with E-state index in [2.05, 4.69) is 89.9 Å². The molecule has 1 heteroatoms. The normalized spacial score (nSPS) is 11.6. The number of fused-ring (bicyclic) bond motifs is 1. The highest BCUT2D eigenvalue weighted by atomic mass is 14.6. The van der Waals surface area contributed by atoms with E-state index in [0.717, 1.165) is 11.9 Å². The highest BCUT2D eigenvalue weighted by Gasteiger charge is 2.07. The third-order valence-electron chi connectivity index (χ3n) is 4.38. The van der Waals surface area contributed by atoms with Gasteiger partial charge in [-0.15, -0.1) is 0 Å². The van der Waals surface area contributed by atoms with Gasteiger partial charge in [0.05, 0.1) is 5.52 Å². The van der Waals surface area contributed by atoms with Crippen LogP contribution in [0.15, 0.2) is 97.2 Å². The van der Waals surface area contributed by atoms with Crippen LogP contribution in [0.5, 0.6) is 0 Å². The zero-order valence-corrected chi connectivity index (χ0v) is 14.0. The first kappa shape index (κ1) is 15.3. The molecule has 0 fully saturated rings. The molecule has 0 aliphatic carbocycles. The Hall–Kier alpha value is -3.19. The Kier molecular flexibility index (Phi) is 4.38. The summed E-state index contributed by atoms with van der Waals surface area (Å²) in [6.07, 6.45) is 5.00. The molecule has 0 spiro atoms. The summed E-state index contributed by atoms with van der Waals surface area (Å²) in [5, 5.41) is 1.19. The van der Waals surface area contributed by atoms with E-state index in [9.17, 15) is 0 Å². The lowest BCUT2D eigenvalue weighted by atomic mass is 9.95. The number of para-hydroxylation sites is 1. The third kappa shape index (κ3) is 3.51. The van der Waals surface area contributed by atoms with Crippen molar-refractivity contribution in [3.8, 4) is 0 Å². The number of hydrogen-bond donors (Lipinski definition) is 0. The highest BCUT2D eigenvalue weighted by molar-refractivity contribution is 5.87. The van der Waals surface area contributed by atoms with Gasteiger partial charge in [-0.1, -0.05) is 91.0 Å². The van der Waals surface area contributed by atoms with Crippen LogP contribution in [0.3, 0.4) is 0 Å². The Balaban J connectivity index is 1.80. The zero-order chi connectivity index (χ0) is 16.9. The maximum Gasteiger partial charge on any atom is 0.0737 e. The average Bonchev–Trinajstić information content (AvgIpc) is 2.69. The topological polar surface area (TPSA) is 12.9 Å². The quantitative estimate of drug-likeness (QED) is 0.419. The molecule has 0 N–H and O–H groups in total. The lowest BCUT2D eigenvalue weighted by molar-refractivity contribution is 1.27. The van der Waals surface area contributed by atoms with Gasteiger partial charge in [0.2, 0.25) is 0 Å². The second-order valence-electron chi connectivity index (χ2n) is 6.12. The van der Waals surface area contributed by atoms with Crippen molar-refractivity contribution in [1.82, 2.24) is 4.98 Å². The summed E-state index contributed by atoms with van der Waals surface area (Å²) in [5.41, 5.74) is 6.10. The van der Waals surface area contributed by atoms with Crippen LogP contribution in [-0.4, -0.2) is 4.98 Å². The van der Waals surface area contributed by atoms with E-state index in [1.807, 2.05) is 18.3 Å². The van der Waals surface area contributed by atoms with E-state index in [-0.39, 0.29) is 0 Å². The monoisotopic (exact) mass is 321 g/mol. The second kappa shape index (κ2) is 7.14. The minimum Gasteiger partial charge on any atom is -0.256 e. The first-order valence-corrected chi connectivity index (χ1v) is 8.54. The van der Waals surface area contributed by atoms with Crippen molar-refractivity contribution >= 4 is 22.6 Å². The fourth-order valence-corrected chi connectivity index (χ4v) is 3.15. The largest absolute Gasteiger partial charge is 0.256 e. The number of nitrogens with zero attached hydrogens (tertiary/aromatic N) is 1. The summed E-state index contributed by atoms with van der Waals surface area (Å²) >= 11 is 0. The number of aromatic nitrogens is 1. The first-order chi connectivity index (χ1) is 12.4. The predicted molar refractivity (Wildman–Crippen MR) is 106 cm³/mol. The summed E-state index contributed by atoms with van der Waals surface area (Å²) in [6.45, 7) is 0. The number of hydrogen-bond acceptors (Lipinski definition) is 1. The van der Waals surface area contributed by atoms with Crippen LogP contribution in [0, 0.1) is 0 Å². The minimum absolute atomic E-state index is 0.854. The lowest BCUT2D eigenvalue weighted by Crippen LogP contribution is -1.94. The molecular weight excluding hydrogens is 302 g/mol. The van der Waals surface area contributed by atoms with E-state index in [0.29, 0.717) is 0 Å². The van der Waals surface area contributed by atoms with Crippen molar-refractivity contribution in [2.75, 3.05) is 0 Å². The second-order valence-corrected chi connectivity index (χ2v) is 6.12. The third-order valence-corrected chi connectivity index (χ3v) is 4.38. The fourth-order valence-electron chi connectivity index (χ4n) is 3.15. The molecule has 0 saturated carbocycles. The molecular formula is C24H19N. The number of pyridine rings is 1. The molecule has 0 aliphatic heterocycles. The van der Waals surface area contributed by atoms with Crippen LogP contribution in [0.4, 0.5) is 0 Å². The molecule has 0 atom stereocenters. The molecule has 1 nitrogen and oxygen atoms in total. The Morgan fingerprint density at radius 2 is 1.44 bits per heavy atom. The smallest absolute Gasteiger partial charge is 0.0737 e. The maximum absolute atomic E-state index is 4.61. The van der Waals surface area contributed by atoms with Crippen molar-refractivity contribution in [1.29, 1.82) is 0 Å². The van der Waals surface area contributed by atoms with Gasteiger partial charge in [0.25, 0.3) is 0 Å². The molecule has 1 aromatic heterocycles. The van der Waals surface area contributed by atoms with Gasteiger partial charge < -0.3 is 0 Å². The first-order valence-electron chi connectivity index (χ1n) is 8.54. The Morgan fingerprint density at radius 3 is 2.24 bits per heavy atom. The fraction of sp³-hybridized carbons (Fsp3) is 0.0417. The van der Waals surface area contributed by atoms with Gasteiger partial charge in [-0.2, -0.15) is 0 Å². The molecule has 1 heterocycles. The predicted octanol–water partition coefficient (Wildman–Crippen LogP) is 6.02. The van der Waals surface area contributed by atoms with Crippen molar-refractivity contribution in [3.05, 3.63) is 114 Å². The number of rotatable bonds is 4. The van der Waals surface area contributed by atoms with Crippen molar-refractivity contribution in [3.63, 3.8) is 0 Å². The molecule has 25 heavy (non-hydrogen) atoms. The molecule has 0 unspecified atom stereocenters.